The van der Waals surface area contributed by atoms with Gasteiger partial charge in [0.25, 0.3) is 0 Å². The first-order chi connectivity index (χ1) is 10.9. The summed E-state index contributed by atoms with van der Waals surface area (Å²) < 4.78 is 2.07. The Labute approximate surface area is 130 Å². The van der Waals surface area contributed by atoms with E-state index in [-0.39, 0.29) is 0 Å². The quantitative estimate of drug-likeness (QED) is 0.807. The number of benzene rings is 1. The summed E-state index contributed by atoms with van der Waals surface area (Å²) in [7, 11) is 0. The minimum atomic E-state index is 0.705. The maximum Gasteiger partial charge on any atom is 0.138 e. The molecule has 3 heterocycles. The van der Waals surface area contributed by atoms with E-state index >= 15 is 0 Å². The van der Waals surface area contributed by atoms with E-state index in [2.05, 4.69) is 39.1 Å². The van der Waals surface area contributed by atoms with Crippen molar-refractivity contribution in [3.8, 4) is 5.82 Å². The number of fused-ring (bicyclic) bond motifs is 1. The van der Waals surface area contributed by atoms with Crippen LogP contribution in [0.25, 0.3) is 16.9 Å². The molecule has 112 valence electrons. The fraction of sp³-hybridized carbons (Fsp3) is 0.333. The van der Waals surface area contributed by atoms with Crippen LogP contribution in [0, 0.1) is 5.92 Å². The van der Waals surface area contributed by atoms with Crippen molar-refractivity contribution >= 4 is 11.0 Å². The largest absolute Gasteiger partial charge is 0.316 e. The van der Waals surface area contributed by atoms with Gasteiger partial charge in [-0.05, 0) is 62.5 Å². The van der Waals surface area contributed by atoms with Crippen LogP contribution in [0.1, 0.15) is 18.5 Å². The van der Waals surface area contributed by atoms with Crippen LogP contribution < -0.4 is 5.32 Å². The molecule has 1 atom stereocenters. The molecule has 0 aliphatic carbocycles. The normalized spacial score (nSPS) is 18.6. The number of hydrogen-bond acceptors (Lipinski definition) is 3. The van der Waals surface area contributed by atoms with Gasteiger partial charge in [-0.25, -0.2) is 9.97 Å². The van der Waals surface area contributed by atoms with E-state index in [1.165, 1.54) is 18.5 Å². The lowest BCUT2D eigenvalue weighted by atomic mass is 9.94. The number of para-hydroxylation sites is 2. The van der Waals surface area contributed by atoms with Gasteiger partial charge in [0.15, 0.2) is 0 Å². The van der Waals surface area contributed by atoms with E-state index < -0.39 is 0 Å². The lowest BCUT2D eigenvalue weighted by molar-refractivity contribution is 0.373. The maximum absolute atomic E-state index is 4.85. The Morgan fingerprint density at radius 2 is 2.09 bits per heavy atom. The van der Waals surface area contributed by atoms with E-state index in [1.54, 1.807) is 0 Å². The molecule has 1 aliphatic rings. The molecule has 1 saturated heterocycles. The first kappa shape index (κ1) is 13.5. The molecule has 22 heavy (non-hydrogen) atoms. The molecule has 0 spiro atoms. The maximum atomic E-state index is 4.85. The highest BCUT2D eigenvalue weighted by Gasteiger charge is 2.14. The molecule has 3 aromatic rings. The summed E-state index contributed by atoms with van der Waals surface area (Å²) in [5.41, 5.74) is 3.28. The molecule has 4 nitrogen and oxygen atoms in total. The Morgan fingerprint density at radius 3 is 3.00 bits per heavy atom. The second-order valence-corrected chi connectivity index (χ2v) is 6.01. The van der Waals surface area contributed by atoms with Gasteiger partial charge in [-0.2, -0.15) is 0 Å². The minimum Gasteiger partial charge on any atom is -0.316 e. The average molecular weight is 292 g/mol. The lowest BCUT2D eigenvalue weighted by Crippen LogP contribution is -2.31. The molecule has 1 aliphatic heterocycles. The fourth-order valence-corrected chi connectivity index (χ4v) is 3.25. The Morgan fingerprint density at radius 1 is 1.14 bits per heavy atom. The van der Waals surface area contributed by atoms with Crippen LogP contribution in [0.3, 0.4) is 0 Å². The summed E-state index contributed by atoms with van der Waals surface area (Å²) in [6.07, 6.45) is 5.48. The number of hydrogen-bond donors (Lipinski definition) is 1. The fourth-order valence-electron chi connectivity index (χ4n) is 3.25. The van der Waals surface area contributed by atoms with Gasteiger partial charge in [0.05, 0.1) is 11.0 Å². The molecule has 4 rings (SSSR count). The molecule has 0 bridgehead atoms. The van der Waals surface area contributed by atoms with Crippen molar-refractivity contribution in [3.05, 3.63) is 54.5 Å². The lowest BCUT2D eigenvalue weighted by Gasteiger charge is -2.22. The molecule has 4 heteroatoms. The summed E-state index contributed by atoms with van der Waals surface area (Å²) >= 11 is 0. The zero-order chi connectivity index (χ0) is 14.8. The Bertz CT molecular complexity index is 771. The van der Waals surface area contributed by atoms with Crippen LogP contribution in [0.4, 0.5) is 0 Å². The van der Waals surface area contributed by atoms with Crippen molar-refractivity contribution in [1.82, 2.24) is 19.9 Å². The predicted molar refractivity (Wildman–Crippen MR) is 88.2 cm³/mol. The van der Waals surface area contributed by atoms with Gasteiger partial charge in [0, 0.05) is 5.69 Å². The first-order valence-electron chi connectivity index (χ1n) is 7.99. The van der Waals surface area contributed by atoms with Crippen LogP contribution in [0.2, 0.25) is 0 Å². The van der Waals surface area contributed by atoms with Crippen LogP contribution >= 0.6 is 0 Å². The van der Waals surface area contributed by atoms with E-state index in [0.717, 1.165) is 36.4 Å². The highest BCUT2D eigenvalue weighted by atomic mass is 15.1. The third kappa shape index (κ3) is 2.62. The number of nitrogens with one attached hydrogen (secondary N) is 1. The molecule has 1 unspecified atom stereocenters. The van der Waals surface area contributed by atoms with Crippen LogP contribution in [0.5, 0.6) is 0 Å². The number of rotatable bonds is 3. The second-order valence-electron chi connectivity index (χ2n) is 6.01. The van der Waals surface area contributed by atoms with Gasteiger partial charge in [-0.15, -0.1) is 0 Å². The summed E-state index contributed by atoms with van der Waals surface area (Å²) in [5, 5.41) is 3.48. The zero-order valence-electron chi connectivity index (χ0n) is 12.6. The van der Waals surface area contributed by atoms with Gasteiger partial charge in [-0.3, -0.25) is 4.57 Å². The number of pyridine rings is 1. The van der Waals surface area contributed by atoms with Crippen molar-refractivity contribution in [2.45, 2.75) is 19.3 Å². The third-order valence-corrected chi connectivity index (χ3v) is 4.39. The summed E-state index contributed by atoms with van der Waals surface area (Å²) in [6.45, 7) is 2.27. The van der Waals surface area contributed by atoms with Gasteiger partial charge in [0.2, 0.25) is 0 Å². The van der Waals surface area contributed by atoms with E-state index in [4.69, 9.17) is 4.98 Å². The van der Waals surface area contributed by atoms with E-state index in [0.29, 0.717) is 5.92 Å². The smallest absolute Gasteiger partial charge is 0.138 e. The van der Waals surface area contributed by atoms with Crippen molar-refractivity contribution in [1.29, 1.82) is 0 Å². The van der Waals surface area contributed by atoms with Gasteiger partial charge in [-0.1, -0.05) is 18.2 Å². The average Bonchev–Trinajstić information content (AvgIpc) is 3.00. The molecule has 1 aromatic carbocycles. The van der Waals surface area contributed by atoms with E-state index in [1.807, 2.05) is 24.5 Å². The van der Waals surface area contributed by atoms with Gasteiger partial charge in [0.1, 0.15) is 12.1 Å². The van der Waals surface area contributed by atoms with Crippen molar-refractivity contribution in [2.24, 2.45) is 5.92 Å². The predicted octanol–water partition coefficient (Wildman–Crippen LogP) is 2.96. The monoisotopic (exact) mass is 292 g/mol. The number of piperidine rings is 1. The molecule has 1 fully saturated rings. The molecule has 0 radical (unpaired) electrons. The summed E-state index contributed by atoms with van der Waals surface area (Å²) in [6, 6.07) is 14.5. The van der Waals surface area contributed by atoms with Gasteiger partial charge < -0.3 is 5.32 Å². The SMILES string of the molecule is c1cc(CC2CCCNC2)nc(-n2cnc3ccccc32)c1. The second kappa shape index (κ2) is 5.89. The molecule has 0 amide bonds. The standard InChI is InChI=1S/C18H20N4/c1-2-8-17-16(7-1)20-13-22(17)18-9-3-6-15(21-18)11-14-5-4-10-19-12-14/h1-3,6-9,13-14,19H,4-5,10-12H2. The molecule has 0 saturated carbocycles. The third-order valence-electron chi connectivity index (χ3n) is 4.39. The number of imidazole rings is 1. The zero-order valence-corrected chi connectivity index (χ0v) is 12.6. The van der Waals surface area contributed by atoms with Crippen LogP contribution in [-0.2, 0) is 6.42 Å². The molecular weight excluding hydrogens is 272 g/mol. The first-order valence-corrected chi connectivity index (χ1v) is 7.99. The van der Waals surface area contributed by atoms with Crippen molar-refractivity contribution in [2.75, 3.05) is 13.1 Å². The topological polar surface area (TPSA) is 42.7 Å². The number of aromatic nitrogens is 3. The molecule has 2 aromatic heterocycles. The summed E-state index contributed by atoms with van der Waals surface area (Å²) in [4.78, 5) is 9.31. The highest BCUT2D eigenvalue weighted by molar-refractivity contribution is 5.76. The van der Waals surface area contributed by atoms with Crippen molar-refractivity contribution in [3.63, 3.8) is 0 Å². The minimum absolute atomic E-state index is 0.705. The van der Waals surface area contributed by atoms with Crippen LogP contribution in [0.15, 0.2) is 48.8 Å². The molecule has 1 N–H and O–H groups in total. The van der Waals surface area contributed by atoms with E-state index in [9.17, 15) is 0 Å². The Balaban J connectivity index is 1.63. The van der Waals surface area contributed by atoms with Crippen LogP contribution in [-0.4, -0.2) is 27.6 Å². The Kier molecular flexibility index (Phi) is 3.60. The van der Waals surface area contributed by atoms with Gasteiger partial charge >= 0.3 is 0 Å². The summed E-state index contributed by atoms with van der Waals surface area (Å²) in [5.74, 6) is 1.66. The number of nitrogens with zero attached hydrogens (tertiary/aromatic N) is 3. The highest BCUT2D eigenvalue weighted by Crippen LogP contribution is 2.19. The molecular formula is C18H20N4. The Hall–Kier alpha value is -2.20. The van der Waals surface area contributed by atoms with Crippen molar-refractivity contribution < 1.29 is 0 Å².